The van der Waals surface area contributed by atoms with E-state index < -0.39 is 18.8 Å². The lowest BCUT2D eigenvalue weighted by molar-refractivity contribution is -0.108. The van der Waals surface area contributed by atoms with E-state index in [1.165, 1.54) is 0 Å². The van der Waals surface area contributed by atoms with Gasteiger partial charge in [-0.2, -0.15) is 0 Å². The SMILES string of the molecule is O=CCC[C@@H](O)[C@H](O)CO. The predicted octanol–water partition coefficient (Wildman–Crippen LogP) is -1.32. The Morgan fingerprint density at radius 1 is 1.30 bits per heavy atom. The van der Waals surface area contributed by atoms with Gasteiger partial charge < -0.3 is 20.1 Å². The molecule has 0 saturated carbocycles. The summed E-state index contributed by atoms with van der Waals surface area (Å²) < 4.78 is 0. The van der Waals surface area contributed by atoms with Crippen LogP contribution in [0.1, 0.15) is 12.8 Å². The zero-order valence-electron chi connectivity index (χ0n) is 5.60. The first-order chi connectivity index (χ1) is 4.72. The van der Waals surface area contributed by atoms with E-state index in [1.807, 2.05) is 0 Å². The molecule has 0 heterocycles. The van der Waals surface area contributed by atoms with E-state index >= 15 is 0 Å². The summed E-state index contributed by atoms with van der Waals surface area (Å²) in [4.78, 5) is 9.76. The fourth-order valence-corrected chi connectivity index (χ4v) is 0.553. The van der Waals surface area contributed by atoms with Crippen LogP contribution in [0.5, 0.6) is 0 Å². The lowest BCUT2D eigenvalue weighted by Crippen LogP contribution is -2.29. The molecular weight excluding hydrogens is 136 g/mol. The Bertz CT molecular complexity index is 93.7. The maximum Gasteiger partial charge on any atom is 0.120 e. The number of carbonyl (C=O) groups excluding carboxylic acids is 1. The summed E-state index contributed by atoms with van der Waals surface area (Å²) in [6.07, 6.45) is -1.05. The van der Waals surface area contributed by atoms with Gasteiger partial charge in [-0.25, -0.2) is 0 Å². The average Bonchev–Trinajstić information content (AvgIpc) is 1.98. The molecule has 3 N–H and O–H groups in total. The van der Waals surface area contributed by atoms with E-state index in [0.29, 0.717) is 6.29 Å². The van der Waals surface area contributed by atoms with Gasteiger partial charge in [-0.1, -0.05) is 0 Å². The summed E-state index contributed by atoms with van der Waals surface area (Å²) in [6.45, 7) is -0.472. The van der Waals surface area contributed by atoms with Crippen molar-refractivity contribution in [3.05, 3.63) is 0 Å². The molecule has 0 aliphatic carbocycles. The van der Waals surface area contributed by atoms with Gasteiger partial charge >= 0.3 is 0 Å². The predicted molar refractivity (Wildman–Crippen MR) is 34.4 cm³/mol. The van der Waals surface area contributed by atoms with Crippen LogP contribution < -0.4 is 0 Å². The van der Waals surface area contributed by atoms with Gasteiger partial charge in [0.05, 0.1) is 12.7 Å². The largest absolute Gasteiger partial charge is 0.394 e. The Morgan fingerprint density at radius 3 is 2.30 bits per heavy atom. The number of rotatable bonds is 5. The number of hydrogen-bond acceptors (Lipinski definition) is 4. The molecule has 0 aromatic rings. The van der Waals surface area contributed by atoms with Crippen LogP contribution in [0.25, 0.3) is 0 Å². The van der Waals surface area contributed by atoms with Crippen molar-refractivity contribution in [1.29, 1.82) is 0 Å². The Kier molecular flexibility index (Phi) is 5.10. The van der Waals surface area contributed by atoms with Crippen LogP contribution in [0.4, 0.5) is 0 Å². The van der Waals surface area contributed by atoms with Crippen LogP contribution in [0.15, 0.2) is 0 Å². The van der Waals surface area contributed by atoms with Gasteiger partial charge in [0, 0.05) is 6.42 Å². The molecule has 4 heteroatoms. The van der Waals surface area contributed by atoms with Crippen molar-refractivity contribution >= 4 is 6.29 Å². The third-order valence-electron chi connectivity index (χ3n) is 1.21. The van der Waals surface area contributed by atoms with Crippen LogP contribution >= 0.6 is 0 Å². The second kappa shape index (κ2) is 5.34. The molecule has 0 bridgehead atoms. The van der Waals surface area contributed by atoms with Crippen molar-refractivity contribution in [3.8, 4) is 0 Å². The maximum atomic E-state index is 9.76. The minimum atomic E-state index is -1.13. The third kappa shape index (κ3) is 3.55. The molecule has 0 saturated heterocycles. The molecule has 0 fully saturated rings. The van der Waals surface area contributed by atoms with Crippen molar-refractivity contribution in [2.45, 2.75) is 25.0 Å². The van der Waals surface area contributed by atoms with Gasteiger partial charge in [0.1, 0.15) is 12.4 Å². The molecule has 2 atom stereocenters. The Labute approximate surface area is 59.1 Å². The Balaban J connectivity index is 3.40. The van der Waals surface area contributed by atoms with E-state index in [1.54, 1.807) is 0 Å². The van der Waals surface area contributed by atoms with Crippen molar-refractivity contribution in [3.63, 3.8) is 0 Å². The van der Waals surface area contributed by atoms with Crippen LogP contribution in [0, 0.1) is 0 Å². The van der Waals surface area contributed by atoms with E-state index in [0.717, 1.165) is 0 Å². The lowest BCUT2D eigenvalue weighted by Gasteiger charge is -2.13. The van der Waals surface area contributed by atoms with Gasteiger partial charge in [-0.3, -0.25) is 0 Å². The molecule has 0 unspecified atom stereocenters. The molecule has 0 rings (SSSR count). The van der Waals surface area contributed by atoms with Crippen molar-refractivity contribution in [2.24, 2.45) is 0 Å². The molecule has 0 aromatic heterocycles. The van der Waals surface area contributed by atoms with E-state index in [4.69, 9.17) is 15.3 Å². The van der Waals surface area contributed by atoms with Crippen molar-refractivity contribution < 1.29 is 20.1 Å². The highest BCUT2D eigenvalue weighted by Crippen LogP contribution is 1.99. The molecule has 0 aromatic carbocycles. The highest BCUT2D eigenvalue weighted by Gasteiger charge is 2.13. The zero-order chi connectivity index (χ0) is 7.98. The minimum Gasteiger partial charge on any atom is -0.394 e. The lowest BCUT2D eigenvalue weighted by atomic mass is 10.1. The molecule has 4 nitrogen and oxygen atoms in total. The summed E-state index contributed by atoms with van der Waals surface area (Å²) >= 11 is 0. The number of hydrogen-bond donors (Lipinski definition) is 3. The molecule has 60 valence electrons. The summed E-state index contributed by atoms with van der Waals surface area (Å²) in [7, 11) is 0. The summed E-state index contributed by atoms with van der Waals surface area (Å²) in [5, 5.41) is 25.9. The van der Waals surface area contributed by atoms with Gasteiger partial charge in [-0.15, -0.1) is 0 Å². The second-order valence-corrected chi connectivity index (χ2v) is 2.06. The topological polar surface area (TPSA) is 77.8 Å². The molecular formula is C6H12O4. The number of carbonyl (C=O) groups is 1. The van der Waals surface area contributed by atoms with Crippen molar-refractivity contribution in [2.75, 3.05) is 6.61 Å². The van der Waals surface area contributed by atoms with Crippen LogP contribution in [-0.2, 0) is 4.79 Å². The molecule has 10 heavy (non-hydrogen) atoms. The monoisotopic (exact) mass is 148 g/mol. The standard InChI is InChI=1S/C6H12O4/c7-3-1-2-5(9)6(10)4-8/h3,5-6,8-10H,1-2,4H2/t5-,6-/m1/s1. The highest BCUT2D eigenvalue weighted by molar-refractivity contribution is 5.49. The fraction of sp³-hybridized carbons (Fsp3) is 0.833. The first-order valence-corrected chi connectivity index (χ1v) is 3.13. The first-order valence-electron chi connectivity index (χ1n) is 3.13. The minimum absolute atomic E-state index is 0.200. The zero-order valence-corrected chi connectivity index (χ0v) is 5.60. The number of aliphatic hydroxyl groups is 3. The molecule has 0 aliphatic heterocycles. The molecule has 0 amide bonds. The van der Waals surface area contributed by atoms with E-state index in [2.05, 4.69) is 0 Å². The average molecular weight is 148 g/mol. The first kappa shape index (κ1) is 9.55. The Hall–Kier alpha value is -0.450. The van der Waals surface area contributed by atoms with Crippen LogP contribution in [0.2, 0.25) is 0 Å². The molecule has 0 radical (unpaired) electrons. The smallest absolute Gasteiger partial charge is 0.120 e. The van der Waals surface area contributed by atoms with Gasteiger partial charge in [0.15, 0.2) is 0 Å². The van der Waals surface area contributed by atoms with Crippen LogP contribution in [-0.4, -0.2) is 40.4 Å². The second-order valence-electron chi connectivity index (χ2n) is 2.06. The summed E-state index contributed by atoms with van der Waals surface area (Å²) in [5.41, 5.74) is 0. The summed E-state index contributed by atoms with van der Waals surface area (Å²) in [6, 6.07) is 0. The quantitative estimate of drug-likeness (QED) is 0.422. The highest BCUT2D eigenvalue weighted by atomic mass is 16.4. The Morgan fingerprint density at radius 2 is 1.90 bits per heavy atom. The normalized spacial score (nSPS) is 16.3. The molecule has 0 aliphatic rings. The van der Waals surface area contributed by atoms with Gasteiger partial charge in [0.25, 0.3) is 0 Å². The maximum absolute atomic E-state index is 9.76. The van der Waals surface area contributed by atoms with Crippen LogP contribution in [0.3, 0.4) is 0 Å². The van der Waals surface area contributed by atoms with E-state index in [-0.39, 0.29) is 12.8 Å². The molecule has 0 spiro atoms. The van der Waals surface area contributed by atoms with Gasteiger partial charge in [0.2, 0.25) is 0 Å². The fourth-order valence-electron chi connectivity index (χ4n) is 0.553. The van der Waals surface area contributed by atoms with Crippen molar-refractivity contribution in [1.82, 2.24) is 0 Å². The van der Waals surface area contributed by atoms with E-state index in [9.17, 15) is 4.79 Å². The number of aliphatic hydroxyl groups excluding tert-OH is 3. The van der Waals surface area contributed by atoms with Gasteiger partial charge in [-0.05, 0) is 6.42 Å². The third-order valence-corrected chi connectivity index (χ3v) is 1.21. The number of aldehydes is 1. The summed E-state index contributed by atoms with van der Waals surface area (Å²) in [5.74, 6) is 0.